The van der Waals surface area contributed by atoms with Gasteiger partial charge in [0, 0.05) is 12.1 Å². The number of alkyl halides is 3. The fourth-order valence-electron chi connectivity index (χ4n) is 1.79. The van der Waals surface area contributed by atoms with Crippen molar-refractivity contribution in [3.05, 3.63) is 17.8 Å². The van der Waals surface area contributed by atoms with Crippen molar-refractivity contribution in [2.24, 2.45) is 5.73 Å². The van der Waals surface area contributed by atoms with Gasteiger partial charge in [0.2, 0.25) is 5.88 Å². The molecular weight excluding hydrogens is 235 g/mol. The smallest absolute Gasteiger partial charge is 0.435 e. The molecule has 7 heteroatoms. The van der Waals surface area contributed by atoms with Gasteiger partial charge in [-0.3, -0.25) is 0 Å². The van der Waals surface area contributed by atoms with Crippen molar-refractivity contribution >= 4 is 0 Å². The molecule has 1 heterocycles. The van der Waals surface area contributed by atoms with Gasteiger partial charge in [-0.2, -0.15) is 13.2 Å². The van der Waals surface area contributed by atoms with Gasteiger partial charge in [0.25, 0.3) is 0 Å². The topological polar surface area (TPSA) is 61.0 Å². The van der Waals surface area contributed by atoms with Crippen LogP contribution in [0.25, 0.3) is 0 Å². The van der Waals surface area contributed by atoms with E-state index in [9.17, 15) is 13.2 Å². The average Bonchev–Trinajstić information content (AvgIpc) is 2.63. The summed E-state index contributed by atoms with van der Waals surface area (Å²) in [5.41, 5.74) is 4.67. The maximum absolute atomic E-state index is 12.2. The molecule has 0 amide bonds. The second-order valence-electron chi connectivity index (χ2n) is 4.07. The first-order chi connectivity index (χ1) is 7.95. The number of nitrogens with two attached hydrogens (primary N) is 1. The summed E-state index contributed by atoms with van der Waals surface area (Å²) >= 11 is 0. The summed E-state index contributed by atoms with van der Waals surface area (Å²) < 4.78 is 42.0. The molecule has 2 unspecified atom stereocenters. The third-order valence-electron chi connectivity index (χ3n) is 2.64. The third kappa shape index (κ3) is 3.06. The Kier molecular flexibility index (Phi) is 3.19. The molecular formula is C10H12F3N3O. The third-order valence-corrected chi connectivity index (χ3v) is 2.64. The first-order valence-corrected chi connectivity index (χ1v) is 5.28. The minimum atomic E-state index is -4.47. The molecule has 1 aliphatic rings. The van der Waals surface area contributed by atoms with Gasteiger partial charge in [-0.05, 0) is 25.3 Å². The van der Waals surface area contributed by atoms with Crippen molar-refractivity contribution in [2.75, 3.05) is 0 Å². The average molecular weight is 247 g/mol. The van der Waals surface area contributed by atoms with Crippen molar-refractivity contribution in [2.45, 2.75) is 37.6 Å². The van der Waals surface area contributed by atoms with Gasteiger partial charge < -0.3 is 10.5 Å². The van der Waals surface area contributed by atoms with Crippen LogP contribution in [0, 0.1) is 0 Å². The summed E-state index contributed by atoms with van der Waals surface area (Å²) in [4.78, 5) is 0. The van der Waals surface area contributed by atoms with E-state index in [4.69, 9.17) is 10.5 Å². The predicted octanol–water partition coefficient (Wildman–Crippen LogP) is 1.75. The van der Waals surface area contributed by atoms with Crippen molar-refractivity contribution in [3.8, 4) is 5.88 Å². The Morgan fingerprint density at radius 1 is 1.24 bits per heavy atom. The molecule has 2 rings (SSSR count). The van der Waals surface area contributed by atoms with Gasteiger partial charge in [0.05, 0.1) is 0 Å². The standard InChI is InChI=1S/C10H12F3N3O/c11-10(12,13)8-3-4-9(16-15-8)17-7-2-1-6(14)5-7/h3-4,6-7H,1-2,5,14H2. The molecule has 94 valence electrons. The van der Waals surface area contributed by atoms with E-state index in [0.29, 0.717) is 6.42 Å². The Morgan fingerprint density at radius 2 is 2.00 bits per heavy atom. The SMILES string of the molecule is NC1CCC(Oc2ccc(C(F)(F)F)nn2)C1. The summed E-state index contributed by atoms with van der Waals surface area (Å²) in [6, 6.07) is 2.14. The van der Waals surface area contributed by atoms with Gasteiger partial charge in [-0.1, -0.05) is 0 Å². The Labute approximate surface area is 96.0 Å². The lowest BCUT2D eigenvalue weighted by Crippen LogP contribution is -2.19. The van der Waals surface area contributed by atoms with Crippen molar-refractivity contribution in [1.29, 1.82) is 0 Å². The molecule has 1 fully saturated rings. The molecule has 0 radical (unpaired) electrons. The van der Waals surface area contributed by atoms with Gasteiger partial charge in [0.1, 0.15) is 6.10 Å². The molecule has 0 spiro atoms. The van der Waals surface area contributed by atoms with Gasteiger partial charge >= 0.3 is 6.18 Å². The molecule has 0 aliphatic heterocycles. The maximum atomic E-state index is 12.2. The van der Waals surface area contributed by atoms with E-state index >= 15 is 0 Å². The van der Waals surface area contributed by atoms with Crippen LogP contribution in [0.4, 0.5) is 13.2 Å². The molecule has 0 aromatic carbocycles. The van der Waals surface area contributed by atoms with Crippen LogP contribution in [-0.4, -0.2) is 22.3 Å². The summed E-state index contributed by atoms with van der Waals surface area (Å²) in [6.07, 6.45) is -2.19. The lowest BCUT2D eigenvalue weighted by molar-refractivity contribution is -0.141. The number of hydrogen-bond donors (Lipinski definition) is 1. The van der Waals surface area contributed by atoms with E-state index < -0.39 is 11.9 Å². The van der Waals surface area contributed by atoms with Crippen LogP contribution in [0.5, 0.6) is 5.88 Å². The minimum absolute atomic E-state index is 0.0731. The van der Waals surface area contributed by atoms with E-state index in [-0.39, 0.29) is 18.0 Å². The molecule has 1 aromatic rings. The summed E-state index contributed by atoms with van der Waals surface area (Å²) in [7, 11) is 0. The van der Waals surface area contributed by atoms with E-state index in [1.807, 2.05) is 0 Å². The number of rotatable bonds is 2. The van der Waals surface area contributed by atoms with E-state index in [0.717, 1.165) is 18.9 Å². The number of nitrogens with zero attached hydrogens (tertiary/aromatic N) is 2. The minimum Gasteiger partial charge on any atom is -0.473 e. The molecule has 0 bridgehead atoms. The maximum Gasteiger partial charge on any atom is 0.435 e. The summed E-state index contributed by atoms with van der Waals surface area (Å²) in [5.74, 6) is 0.108. The Morgan fingerprint density at radius 3 is 2.47 bits per heavy atom. The lowest BCUT2D eigenvalue weighted by atomic mass is 10.3. The number of ether oxygens (including phenoxy) is 1. The van der Waals surface area contributed by atoms with Crippen molar-refractivity contribution in [1.82, 2.24) is 10.2 Å². The highest BCUT2D eigenvalue weighted by Crippen LogP contribution is 2.28. The van der Waals surface area contributed by atoms with Crippen LogP contribution < -0.4 is 10.5 Å². The largest absolute Gasteiger partial charge is 0.473 e. The molecule has 1 aromatic heterocycles. The van der Waals surface area contributed by atoms with E-state index in [2.05, 4.69) is 10.2 Å². The number of hydrogen-bond acceptors (Lipinski definition) is 4. The molecule has 1 saturated carbocycles. The first kappa shape index (κ1) is 12.1. The normalized spacial score (nSPS) is 24.9. The lowest BCUT2D eigenvalue weighted by Gasteiger charge is -2.12. The van der Waals surface area contributed by atoms with Crippen LogP contribution in [0.3, 0.4) is 0 Å². The van der Waals surface area contributed by atoms with E-state index in [1.54, 1.807) is 0 Å². The highest BCUT2D eigenvalue weighted by molar-refractivity contribution is 5.14. The van der Waals surface area contributed by atoms with Gasteiger partial charge in [-0.25, -0.2) is 0 Å². The van der Waals surface area contributed by atoms with Crippen molar-refractivity contribution < 1.29 is 17.9 Å². The Bertz CT molecular complexity index is 379. The molecule has 1 aliphatic carbocycles. The number of aromatic nitrogens is 2. The quantitative estimate of drug-likeness (QED) is 0.864. The highest BCUT2D eigenvalue weighted by Gasteiger charge is 2.33. The first-order valence-electron chi connectivity index (χ1n) is 5.28. The second-order valence-corrected chi connectivity index (χ2v) is 4.07. The molecule has 4 nitrogen and oxygen atoms in total. The van der Waals surface area contributed by atoms with Crippen LogP contribution >= 0.6 is 0 Å². The monoisotopic (exact) mass is 247 g/mol. The molecule has 0 saturated heterocycles. The van der Waals surface area contributed by atoms with Gasteiger partial charge in [-0.15, -0.1) is 10.2 Å². The van der Waals surface area contributed by atoms with Crippen molar-refractivity contribution in [3.63, 3.8) is 0 Å². The zero-order valence-electron chi connectivity index (χ0n) is 8.94. The fraction of sp³-hybridized carbons (Fsp3) is 0.600. The van der Waals surface area contributed by atoms with Crippen LogP contribution in [0.15, 0.2) is 12.1 Å². The summed E-state index contributed by atoms with van der Waals surface area (Å²) in [6.45, 7) is 0. The molecule has 17 heavy (non-hydrogen) atoms. The molecule has 2 atom stereocenters. The Hall–Kier alpha value is -1.37. The van der Waals surface area contributed by atoms with Crippen LogP contribution in [0.1, 0.15) is 25.0 Å². The molecule has 2 N–H and O–H groups in total. The predicted molar refractivity (Wildman–Crippen MR) is 53.3 cm³/mol. The van der Waals surface area contributed by atoms with Crippen LogP contribution in [0.2, 0.25) is 0 Å². The fourth-order valence-corrected chi connectivity index (χ4v) is 1.79. The zero-order valence-corrected chi connectivity index (χ0v) is 8.94. The van der Waals surface area contributed by atoms with Crippen LogP contribution in [-0.2, 0) is 6.18 Å². The highest BCUT2D eigenvalue weighted by atomic mass is 19.4. The van der Waals surface area contributed by atoms with E-state index in [1.165, 1.54) is 6.07 Å². The Balaban J connectivity index is 1.99. The number of halogens is 3. The summed E-state index contributed by atoms with van der Waals surface area (Å²) in [5, 5.41) is 6.48. The van der Waals surface area contributed by atoms with Gasteiger partial charge in [0.15, 0.2) is 5.69 Å². The second kappa shape index (κ2) is 4.48. The zero-order chi connectivity index (χ0) is 12.5.